The van der Waals surface area contributed by atoms with Gasteiger partial charge in [0.05, 0.1) is 6.20 Å². The Morgan fingerprint density at radius 2 is 2.31 bits per heavy atom. The lowest BCUT2D eigenvalue weighted by atomic mass is 10.3. The van der Waals surface area contributed by atoms with Gasteiger partial charge in [0.25, 0.3) is 0 Å². The highest BCUT2D eigenvalue weighted by Crippen LogP contribution is 2.20. The maximum Gasteiger partial charge on any atom is 0.142 e. The lowest BCUT2D eigenvalue weighted by molar-refractivity contribution is 0.188. The quantitative estimate of drug-likeness (QED) is 0.687. The van der Waals surface area contributed by atoms with Gasteiger partial charge in [-0.3, -0.25) is 4.40 Å². The Balaban J connectivity index is 2.75. The van der Waals surface area contributed by atoms with Crippen LogP contribution in [0.1, 0.15) is 18.9 Å². The third-order valence-electron chi connectivity index (χ3n) is 1.95. The van der Waals surface area contributed by atoms with Crippen molar-refractivity contribution < 1.29 is 10.2 Å². The molecule has 1 atom stereocenters. The third kappa shape index (κ3) is 1.15. The van der Waals surface area contributed by atoms with E-state index in [4.69, 9.17) is 0 Å². The molecule has 4 heteroatoms. The molecule has 2 aromatic heterocycles. The summed E-state index contributed by atoms with van der Waals surface area (Å²) >= 11 is 0. The predicted molar refractivity (Wildman–Crippen MR) is 47.5 cm³/mol. The first-order chi connectivity index (χ1) is 6.20. The van der Waals surface area contributed by atoms with Crippen LogP contribution in [0.25, 0.3) is 5.52 Å². The summed E-state index contributed by atoms with van der Waals surface area (Å²) in [6.07, 6.45) is 2.66. The molecule has 0 spiro atoms. The minimum atomic E-state index is -0.635. The molecule has 0 aromatic carbocycles. The zero-order valence-electron chi connectivity index (χ0n) is 7.18. The molecule has 2 aromatic rings. The van der Waals surface area contributed by atoms with Crippen LogP contribution in [0.3, 0.4) is 0 Å². The van der Waals surface area contributed by atoms with E-state index in [1.54, 1.807) is 29.7 Å². The van der Waals surface area contributed by atoms with Crippen LogP contribution in [-0.2, 0) is 0 Å². The zero-order chi connectivity index (χ0) is 9.42. The smallest absolute Gasteiger partial charge is 0.142 e. The van der Waals surface area contributed by atoms with Gasteiger partial charge in [0.1, 0.15) is 23.2 Å². The summed E-state index contributed by atoms with van der Waals surface area (Å²) in [5.74, 6) is 0.702. The first-order valence-electron chi connectivity index (χ1n) is 4.03. The van der Waals surface area contributed by atoms with Crippen molar-refractivity contribution in [3.05, 3.63) is 30.4 Å². The fraction of sp³-hybridized carbons (Fsp3) is 0.222. The molecule has 0 aliphatic heterocycles. The van der Waals surface area contributed by atoms with Gasteiger partial charge in [-0.15, -0.1) is 0 Å². The van der Waals surface area contributed by atoms with E-state index in [2.05, 4.69) is 4.98 Å². The van der Waals surface area contributed by atoms with Gasteiger partial charge in [-0.05, 0) is 19.1 Å². The molecule has 0 saturated carbocycles. The summed E-state index contributed by atoms with van der Waals surface area (Å²) in [7, 11) is 0. The fourth-order valence-corrected chi connectivity index (χ4v) is 1.34. The van der Waals surface area contributed by atoms with Crippen LogP contribution in [0, 0.1) is 0 Å². The van der Waals surface area contributed by atoms with Crippen molar-refractivity contribution >= 4 is 5.52 Å². The number of hydrogen-bond acceptors (Lipinski definition) is 3. The molecule has 4 nitrogen and oxygen atoms in total. The number of aromatic nitrogens is 2. The van der Waals surface area contributed by atoms with Gasteiger partial charge in [-0.1, -0.05) is 0 Å². The number of rotatable bonds is 1. The van der Waals surface area contributed by atoms with Crippen molar-refractivity contribution in [1.82, 2.24) is 9.38 Å². The second kappa shape index (κ2) is 2.74. The molecule has 0 bridgehead atoms. The van der Waals surface area contributed by atoms with E-state index in [1.165, 1.54) is 6.20 Å². The van der Waals surface area contributed by atoms with Crippen molar-refractivity contribution in [3.8, 4) is 5.75 Å². The van der Waals surface area contributed by atoms with Crippen LogP contribution in [0.4, 0.5) is 0 Å². The van der Waals surface area contributed by atoms with E-state index >= 15 is 0 Å². The van der Waals surface area contributed by atoms with Crippen molar-refractivity contribution in [3.63, 3.8) is 0 Å². The van der Waals surface area contributed by atoms with Gasteiger partial charge in [0.2, 0.25) is 0 Å². The molecule has 2 N–H and O–H groups in total. The van der Waals surface area contributed by atoms with E-state index in [9.17, 15) is 10.2 Å². The summed E-state index contributed by atoms with van der Waals surface area (Å²) in [6.45, 7) is 1.64. The Morgan fingerprint density at radius 1 is 1.54 bits per heavy atom. The van der Waals surface area contributed by atoms with Crippen LogP contribution in [0.5, 0.6) is 5.75 Å². The number of imidazole rings is 1. The highest BCUT2D eigenvalue weighted by atomic mass is 16.3. The lowest BCUT2D eigenvalue weighted by Crippen LogP contribution is -1.98. The van der Waals surface area contributed by atoms with Gasteiger partial charge in [-0.25, -0.2) is 4.98 Å². The van der Waals surface area contributed by atoms with Crippen LogP contribution in [0.2, 0.25) is 0 Å². The molecule has 1 unspecified atom stereocenters. The number of aromatic hydroxyl groups is 1. The van der Waals surface area contributed by atoms with Crippen molar-refractivity contribution in [2.75, 3.05) is 0 Å². The monoisotopic (exact) mass is 178 g/mol. The maximum absolute atomic E-state index is 9.42. The van der Waals surface area contributed by atoms with Gasteiger partial charge in [0, 0.05) is 6.20 Å². The number of pyridine rings is 1. The van der Waals surface area contributed by atoms with Gasteiger partial charge < -0.3 is 10.2 Å². The van der Waals surface area contributed by atoms with E-state index in [0.717, 1.165) is 0 Å². The van der Waals surface area contributed by atoms with E-state index in [-0.39, 0.29) is 5.75 Å². The van der Waals surface area contributed by atoms with Gasteiger partial charge >= 0.3 is 0 Å². The minimum absolute atomic E-state index is 0.168. The molecule has 2 rings (SSSR count). The second-order valence-corrected chi connectivity index (χ2v) is 2.94. The Labute approximate surface area is 75.1 Å². The molecule has 0 aliphatic carbocycles. The molecule has 0 amide bonds. The third-order valence-corrected chi connectivity index (χ3v) is 1.95. The molecule has 13 heavy (non-hydrogen) atoms. The van der Waals surface area contributed by atoms with E-state index in [1.807, 2.05) is 0 Å². The molecular formula is C9H10N2O2. The highest BCUT2D eigenvalue weighted by Gasteiger charge is 2.09. The van der Waals surface area contributed by atoms with Crippen LogP contribution in [-0.4, -0.2) is 19.6 Å². The van der Waals surface area contributed by atoms with Gasteiger partial charge in [0.15, 0.2) is 0 Å². The maximum atomic E-state index is 9.42. The molecular weight excluding hydrogens is 168 g/mol. The Hall–Kier alpha value is -1.55. The van der Waals surface area contributed by atoms with Crippen molar-refractivity contribution in [2.24, 2.45) is 0 Å². The largest absolute Gasteiger partial charge is 0.506 e. The van der Waals surface area contributed by atoms with Crippen LogP contribution >= 0.6 is 0 Å². The molecule has 2 heterocycles. The SMILES string of the molecule is CC(O)c1ncc2c(O)cccn12. The van der Waals surface area contributed by atoms with Gasteiger partial charge in [-0.2, -0.15) is 0 Å². The first kappa shape index (κ1) is 8.07. The minimum Gasteiger partial charge on any atom is -0.506 e. The Morgan fingerprint density at radius 3 is 3.00 bits per heavy atom. The number of aliphatic hydroxyl groups is 1. The van der Waals surface area contributed by atoms with Crippen LogP contribution in [0.15, 0.2) is 24.5 Å². The molecule has 0 saturated heterocycles. The fourth-order valence-electron chi connectivity index (χ4n) is 1.34. The predicted octanol–water partition coefficient (Wildman–Crippen LogP) is 1.09. The topological polar surface area (TPSA) is 57.8 Å². The van der Waals surface area contributed by atoms with E-state index in [0.29, 0.717) is 11.3 Å². The normalized spacial score (nSPS) is 13.4. The number of fused-ring (bicyclic) bond motifs is 1. The summed E-state index contributed by atoms with van der Waals surface area (Å²) in [5.41, 5.74) is 0.610. The molecule has 0 radical (unpaired) electrons. The average molecular weight is 178 g/mol. The average Bonchev–Trinajstić information content (AvgIpc) is 2.48. The first-order valence-corrected chi connectivity index (χ1v) is 4.03. The van der Waals surface area contributed by atoms with Crippen LogP contribution < -0.4 is 0 Å². The molecule has 68 valence electrons. The Bertz CT molecular complexity index is 434. The highest BCUT2D eigenvalue weighted by molar-refractivity contribution is 5.58. The second-order valence-electron chi connectivity index (χ2n) is 2.94. The summed E-state index contributed by atoms with van der Waals surface area (Å²) < 4.78 is 1.67. The standard InChI is InChI=1S/C9H10N2O2/c1-6(12)9-10-5-7-8(13)3-2-4-11(7)9/h2-6,12-13H,1H3. The van der Waals surface area contributed by atoms with E-state index < -0.39 is 6.10 Å². The molecule has 0 fully saturated rings. The van der Waals surface area contributed by atoms with Crippen molar-refractivity contribution in [2.45, 2.75) is 13.0 Å². The molecule has 0 aliphatic rings. The summed E-state index contributed by atoms with van der Waals surface area (Å²) in [4.78, 5) is 4.01. The summed E-state index contributed by atoms with van der Waals surface area (Å²) in [5, 5.41) is 18.8. The number of aliphatic hydroxyl groups excluding tert-OH is 1. The number of nitrogens with zero attached hydrogens (tertiary/aromatic N) is 2. The zero-order valence-corrected chi connectivity index (χ0v) is 7.18. The Kier molecular flexibility index (Phi) is 1.70. The summed E-state index contributed by atoms with van der Waals surface area (Å²) in [6, 6.07) is 3.29. The van der Waals surface area contributed by atoms with Crippen molar-refractivity contribution in [1.29, 1.82) is 0 Å². The number of hydrogen-bond donors (Lipinski definition) is 2. The lowest BCUT2D eigenvalue weighted by Gasteiger charge is -2.03.